The molecule has 0 saturated heterocycles. The van der Waals surface area contributed by atoms with Crippen LogP contribution in [0.1, 0.15) is 22.3 Å². The zero-order chi connectivity index (χ0) is 37.1. The first-order valence-electron chi connectivity index (χ1n) is 19.3. The van der Waals surface area contributed by atoms with Crippen LogP contribution in [-0.4, -0.2) is 0 Å². The lowest BCUT2D eigenvalue weighted by Gasteiger charge is -2.34. The fraction of sp³-hybridized carbons (Fsp3) is 0.0182. The van der Waals surface area contributed by atoms with Gasteiger partial charge in [-0.05, 0) is 97.1 Å². The van der Waals surface area contributed by atoms with Crippen LogP contribution in [-0.2, 0) is 5.41 Å². The summed E-state index contributed by atoms with van der Waals surface area (Å²) in [5, 5.41) is 2.58. The van der Waals surface area contributed by atoms with Gasteiger partial charge in [0.1, 0.15) is 0 Å². The van der Waals surface area contributed by atoms with Crippen molar-refractivity contribution in [3.63, 3.8) is 0 Å². The summed E-state index contributed by atoms with van der Waals surface area (Å²) in [7, 11) is 0. The van der Waals surface area contributed by atoms with Gasteiger partial charge in [-0.3, -0.25) is 0 Å². The number of hydrogen-bond donors (Lipinski definition) is 0. The maximum Gasteiger partial charge on any atom is 0.0713 e. The standard InChI is InChI=1S/C55H36S/c1-5-18-37(19-6-1)41-33-47(39-22-9-3-10-23-39)53-49(35-41)50-36-42(38-20-7-2-8-21-38)34-48(54(50)56-53)40-24-17-27-44(32-40)55(43-25-11-4-12-26-43)51-30-15-13-28-45(51)46-29-14-16-31-52(46)55/h1-36H. The fourth-order valence-electron chi connectivity index (χ4n) is 9.25. The molecule has 0 fully saturated rings. The third-order valence-corrected chi connectivity index (χ3v) is 13.0. The maximum absolute atomic E-state index is 2.48. The van der Waals surface area contributed by atoms with Gasteiger partial charge in [-0.1, -0.05) is 188 Å². The molecule has 1 aliphatic rings. The largest absolute Gasteiger partial charge is 0.134 e. The van der Waals surface area contributed by atoms with Crippen molar-refractivity contribution in [2.75, 3.05) is 0 Å². The van der Waals surface area contributed by atoms with Gasteiger partial charge in [-0.25, -0.2) is 0 Å². The Balaban J connectivity index is 1.22. The van der Waals surface area contributed by atoms with Gasteiger partial charge in [0.25, 0.3) is 0 Å². The average molecular weight is 729 g/mol. The smallest absolute Gasteiger partial charge is 0.0713 e. The van der Waals surface area contributed by atoms with Gasteiger partial charge in [0.05, 0.1) is 5.41 Å². The Morgan fingerprint density at radius 2 is 0.679 bits per heavy atom. The first-order valence-corrected chi connectivity index (χ1v) is 20.2. The summed E-state index contributed by atoms with van der Waals surface area (Å²) in [5.41, 5.74) is 17.2. The first kappa shape index (κ1) is 32.6. The second-order valence-corrected chi connectivity index (χ2v) is 15.8. The number of benzene rings is 9. The van der Waals surface area contributed by atoms with Gasteiger partial charge in [0, 0.05) is 31.3 Å². The van der Waals surface area contributed by atoms with Crippen LogP contribution in [0.3, 0.4) is 0 Å². The molecule has 0 spiro atoms. The summed E-state index contributed by atoms with van der Waals surface area (Å²) < 4.78 is 2.62. The van der Waals surface area contributed by atoms with E-state index in [-0.39, 0.29) is 0 Å². The quantitative estimate of drug-likeness (QED) is 0.160. The van der Waals surface area contributed by atoms with Crippen LogP contribution >= 0.6 is 11.3 Å². The molecule has 1 heterocycles. The molecule has 0 nitrogen and oxygen atoms in total. The SMILES string of the molecule is c1ccc(-c2cc(-c3ccccc3)c3sc4c(-c5cccc(C6(c7ccccc7)c7ccccc7-c7ccccc76)c5)cc(-c5ccccc5)cc4c3c2)cc1. The number of fused-ring (bicyclic) bond motifs is 6. The fourth-order valence-corrected chi connectivity index (χ4v) is 10.6. The molecule has 56 heavy (non-hydrogen) atoms. The van der Waals surface area contributed by atoms with Crippen molar-refractivity contribution in [3.05, 3.63) is 241 Å². The second kappa shape index (κ2) is 13.2. The molecule has 1 aromatic heterocycles. The van der Waals surface area contributed by atoms with E-state index in [0.717, 1.165) is 0 Å². The Kier molecular flexibility index (Phi) is 7.69. The highest BCUT2D eigenvalue weighted by molar-refractivity contribution is 7.27. The van der Waals surface area contributed by atoms with E-state index < -0.39 is 5.41 Å². The van der Waals surface area contributed by atoms with E-state index in [1.165, 1.54) is 98.1 Å². The highest BCUT2D eigenvalue weighted by Crippen LogP contribution is 2.56. The van der Waals surface area contributed by atoms with Crippen LogP contribution in [0.25, 0.3) is 75.8 Å². The monoisotopic (exact) mass is 728 g/mol. The van der Waals surface area contributed by atoms with Crippen molar-refractivity contribution in [2.24, 2.45) is 0 Å². The Morgan fingerprint density at radius 3 is 1.21 bits per heavy atom. The molecule has 262 valence electrons. The summed E-state index contributed by atoms with van der Waals surface area (Å²) in [6.45, 7) is 0. The van der Waals surface area contributed by atoms with E-state index in [4.69, 9.17) is 0 Å². The predicted molar refractivity (Wildman–Crippen MR) is 238 cm³/mol. The van der Waals surface area contributed by atoms with Crippen LogP contribution in [0, 0.1) is 0 Å². The highest BCUT2D eigenvalue weighted by atomic mass is 32.1. The molecule has 1 aliphatic carbocycles. The van der Waals surface area contributed by atoms with Crippen molar-refractivity contribution >= 4 is 31.5 Å². The molecule has 10 aromatic rings. The van der Waals surface area contributed by atoms with Gasteiger partial charge in [-0.2, -0.15) is 0 Å². The van der Waals surface area contributed by atoms with Crippen LogP contribution in [0.2, 0.25) is 0 Å². The molecule has 0 bridgehead atoms. The molecule has 11 rings (SSSR count). The normalized spacial score (nSPS) is 12.8. The van der Waals surface area contributed by atoms with Crippen LogP contribution < -0.4 is 0 Å². The minimum absolute atomic E-state index is 0.466. The van der Waals surface area contributed by atoms with E-state index in [2.05, 4.69) is 218 Å². The molecule has 0 radical (unpaired) electrons. The number of thiophene rings is 1. The van der Waals surface area contributed by atoms with E-state index >= 15 is 0 Å². The molecule has 1 heteroatoms. The Labute approximate surface area is 331 Å². The third-order valence-electron chi connectivity index (χ3n) is 11.7. The van der Waals surface area contributed by atoms with Crippen LogP contribution in [0.15, 0.2) is 218 Å². The van der Waals surface area contributed by atoms with E-state index in [1.807, 2.05) is 11.3 Å². The van der Waals surface area contributed by atoms with Crippen molar-refractivity contribution in [1.82, 2.24) is 0 Å². The molecule has 0 N–H and O–H groups in total. The zero-order valence-electron chi connectivity index (χ0n) is 30.7. The number of rotatable bonds is 6. The molecule has 9 aromatic carbocycles. The zero-order valence-corrected chi connectivity index (χ0v) is 31.5. The molecule has 0 atom stereocenters. The van der Waals surface area contributed by atoms with Crippen LogP contribution in [0.5, 0.6) is 0 Å². The van der Waals surface area contributed by atoms with E-state index in [1.54, 1.807) is 0 Å². The minimum Gasteiger partial charge on any atom is -0.134 e. The second-order valence-electron chi connectivity index (χ2n) is 14.8. The van der Waals surface area contributed by atoms with Crippen molar-refractivity contribution in [1.29, 1.82) is 0 Å². The lowest BCUT2D eigenvalue weighted by Crippen LogP contribution is -2.28. The molecule has 0 amide bonds. The van der Waals surface area contributed by atoms with Crippen molar-refractivity contribution < 1.29 is 0 Å². The minimum atomic E-state index is -0.466. The van der Waals surface area contributed by atoms with Gasteiger partial charge < -0.3 is 0 Å². The van der Waals surface area contributed by atoms with E-state index in [9.17, 15) is 0 Å². The Hall–Kier alpha value is -6.80. The first-order chi connectivity index (χ1) is 27.8. The maximum atomic E-state index is 2.48. The Bertz CT molecular complexity index is 3000. The lowest BCUT2D eigenvalue weighted by molar-refractivity contribution is 0.769. The average Bonchev–Trinajstić information content (AvgIpc) is 3.81. The summed E-state index contributed by atoms with van der Waals surface area (Å²) in [5.74, 6) is 0. The number of hydrogen-bond acceptors (Lipinski definition) is 1. The molecule has 0 unspecified atom stereocenters. The summed E-state index contributed by atoms with van der Waals surface area (Å²) in [6, 6.07) is 80.7. The van der Waals surface area contributed by atoms with Crippen molar-refractivity contribution in [2.45, 2.75) is 5.41 Å². The lowest BCUT2D eigenvalue weighted by atomic mass is 9.67. The Morgan fingerprint density at radius 1 is 0.268 bits per heavy atom. The highest BCUT2D eigenvalue weighted by Gasteiger charge is 2.45. The molecular weight excluding hydrogens is 693 g/mol. The van der Waals surface area contributed by atoms with Gasteiger partial charge >= 0.3 is 0 Å². The summed E-state index contributed by atoms with van der Waals surface area (Å²) in [4.78, 5) is 0. The molecule has 0 aliphatic heterocycles. The van der Waals surface area contributed by atoms with Gasteiger partial charge in [0.2, 0.25) is 0 Å². The predicted octanol–water partition coefficient (Wildman–Crippen LogP) is 15.1. The summed E-state index contributed by atoms with van der Waals surface area (Å²) in [6.07, 6.45) is 0. The summed E-state index contributed by atoms with van der Waals surface area (Å²) >= 11 is 1.92. The van der Waals surface area contributed by atoms with Crippen molar-refractivity contribution in [3.8, 4) is 55.6 Å². The van der Waals surface area contributed by atoms with Gasteiger partial charge in [-0.15, -0.1) is 11.3 Å². The third kappa shape index (κ3) is 5.05. The van der Waals surface area contributed by atoms with Crippen LogP contribution in [0.4, 0.5) is 0 Å². The topological polar surface area (TPSA) is 0 Å². The van der Waals surface area contributed by atoms with E-state index in [0.29, 0.717) is 0 Å². The molecule has 0 saturated carbocycles. The van der Waals surface area contributed by atoms with Gasteiger partial charge in [0.15, 0.2) is 0 Å². The molecular formula is C55H36S.